The first-order valence-electron chi connectivity index (χ1n) is 5.66. The minimum absolute atomic E-state index is 0.181. The van der Waals surface area contributed by atoms with E-state index in [4.69, 9.17) is 0 Å². The van der Waals surface area contributed by atoms with Gasteiger partial charge in [0.05, 0.1) is 11.2 Å². The van der Waals surface area contributed by atoms with Crippen LogP contribution in [-0.4, -0.2) is 31.3 Å². The molecule has 2 atom stereocenters. The van der Waals surface area contributed by atoms with E-state index in [1.54, 1.807) is 6.92 Å². The molecule has 5 nitrogen and oxygen atoms in total. The van der Waals surface area contributed by atoms with Gasteiger partial charge in [-0.15, -0.1) is 6.58 Å². The molecule has 0 aliphatic heterocycles. The van der Waals surface area contributed by atoms with Crippen molar-refractivity contribution in [2.75, 3.05) is 5.75 Å². The number of aliphatic carboxylic acids is 1. The number of carboxylic acids is 1. The smallest absolute Gasteiger partial charge is 0.310 e. The molecule has 0 spiro atoms. The average molecular weight is 261 g/mol. The van der Waals surface area contributed by atoms with E-state index in [2.05, 4.69) is 11.3 Å². The lowest BCUT2D eigenvalue weighted by Crippen LogP contribution is -2.52. The molecule has 0 amide bonds. The maximum atomic E-state index is 11.6. The van der Waals surface area contributed by atoms with Crippen molar-refractivity contribution in [3.8, 4) is 0 Å². The quantitative estimate of drug-likeness (QED) is 0.727. The Bertz CT molecular complexity index is 404. The van der Waals surface area contributed by atoms with Crippen LogP contribution in [0.5, 0.6) is 0 Å². The molecule has 2 unspecified atom stereocenters. The predicted molar refractivity (Wildman–Crippen MR) is 65.1 cm³/mol. The lowest BCUT2D eigenvalue weighted by Gasteiger charge is -2.37. The van der Waals surface area contributed by atoms with Crippen LogP contribution in [0.1, 0.15) is 32.6 Å². The average Bonchev–Trinajstić information content (AvgIpc) is 2.21. The van der Waals surface area contributed by atoms with Crippen molar-refractivity contribution in [2.24, 2.45) is 5.41 Å². The van der Waals surface area contributed by atoms with Crippen LogP contribution in [0.15, 0.2) is 12.7 Å². The van der Waals surface area contributed by atoms with Crippen LogP contribution in [0.25, 0.3) is 0 Å². The molecule has 0 bridgehead atoms. The van der Waals surface area contributed by atoms with Gasteiger partial charge in [0, 0.05) is 6.04 Å². The summed E-state index contributed by atoms with van der Waals surface area (Å²) in [5.74, 6) is -1.12. The zero-order chi connectivity index (χ0) is 13.1. The fourth-order valence-electron chi connectivity index (χ4n) is 2.20. The van der Waals surface area contributed by atoms with Gasteiger partial charge in [-0.3, -0.25) is 4.79 Å². The van der Waals surface area contributed by atoms with Crippen LogP contribution in [-0.2, 0) is 14.8 Å². The largest absolute Gasteiger partial charge is 0.481 e. The van der Waals surface area contributed by atoms with E-state index < -0.39 is 27.4 Å². The number of rotatable bonds is 5. The van der Waals surface area contributed by atoms with Crippen molar-refractivity contribution in [3.63, 3.8) is 0 Å². The summed E-state index contributed by atoms with van der Waals surface area (Å²) >= 11 is 0. The SMILES string of the molecule is C=CCS(=O)(=O)NC1CCCCC1(C)C(=O)O. The van der Waals surface area contributed by atoms with Crippen LogP contribution in [0.3, 0.4) is 0 Å². The van der Waals surface area contributed by atoms with E-state index in [0.717, 1.165) is 12.8 Å². The Morgan fingerprint density at radius 1 is 1.59 bits per heavy atom. The molecular formula is C11H19NO4S. The van der Waals surface area contributed by atoms with Crippen molar-refractivity contribution in [1.29, 1.82) is 0 Å². The normalized spacial score (nSPS) is 29.8. The lowest BCUT2D eigenvalue weighted by molar-refractivity contribution is -0.151. The molecule has 0 aromatic carbocycles. The molecule has 0 radical (unpaired) electrons. The van der Waals surface area contributed by atoms with Gasteiger partial charge in [-0.2, -0.15) is 0 Å². The van der Waals surface area contributed by atoms with E-state index in [-0.39, 0.29) is 5.75 Å². The molecule has 98 valence electrons. The van der Waals surface area contributed by atoms with Gasteiger partial charge < -0.3 is 5.11 Å². The molecule has 0 heterocycles. The highest BCUT2D eigenvalue weighted by Gasteiger charge is 2.44. The maximum absolute atomic E-state index is 11.6. The Hall–Kier alpha value is -0.880. The van der Waals surface area contributed by atoms with Crippen LogP contribution in [0.4, 0.5) is 0 Å². The first-order chi connectivity index (χ1) is 7.82. The predicted octanol–water partition coefficient (Wildman–Crippen LogP) is 1.13. The summed E-state index contributed by atoms with van der Waals surface area (Å²) in [7, 11) is -3.47. The number of carboxylic acid groups (broad SMARTS) is 1. The minimum atomic E-state index is -3.47. The van der Waals surface area contributed by atoms with Crippen molar-refractivity contribution < 1.29 is 18.3 Å². The van der Waals surface area contributed by atoms with Crippen LogP contribution >= 0.6 is 0 Å². The second kappa shape index (κ2) is 5.18. The third kappa shape index (κ3) is 3.29. The lowest BCUT2D eigenvalue weighted by atomic mass is 9.72. The molecule has 1 rings (SSSR count). The van der Waals surface area contributed by atoms with E-state index >= 15 is 0 Å². The standard InChI is InChI=1S/C11H19NO4S/c1-3-8-17(15,16)12-9-6-4-5-7-11(9,2)10(13)14/h3,9,12H,1,4-8H2,2H3,(H,13,14). The Morgan fingerprint density at radius 2 is 2.24 bits per heavy atom. The first kappa shape index (κ1) is 14.2. The van der Waals surface area contributed by atoms with Crippen molar-refractivity contribution in [3.05, 3.63) is 12.7 Å². The Kier molecular flexibility index (Phi) is 4.32. The van der Waals surface area contributed by atoms with Gasteiger partial charge >= 0.3 is 5.97 Å². The Morgan fingerprint density at radius 3 is 2.76 bits per heavy atom. The molecule has 1 aliphatic carbocycles. The summed E-state index contributed by atoms with van der Waals surface area (Å²) in [5, 5.41) is 9.24. The molecule has 1 aliphatic rings. The highest BCUT2D eigenvalue weighted by atomic mass is 32.2. The Balaban J connectivity index is 2.87. The van der Waals surface area contributed by atoms with E-state index in [0.29, 0.717) is 12.8 Å². The van der Waals surface area contributed by atoms with Crippen molar-refractivity contribution in [1.82, 2.24) is 4.72 Å². The van der Waals surface area contributed by atoms with Gasteiger partial charge in [0.25, 0.3) is 0 Å². The molecule has 0 aromatic heterocycles. The van der Waals surface area contributed by atoms with Gasteiger partial charge in [-0.25, -0.2) is 13.1 Å². The molecule has 0 aromatic rings. The molecule has 2 N–H and O–H groups in total. The number of hydrogen-bond donors (Lipinski definition) is 2. The van der Waals surface area contributed by atoms with Gasteiger partial charge in [0.2, 0.25) is 10.0 Å². The highest BCUT2D eigenvalue weighted by Crippen LogP contribution is 2.36. The number of sulfonamides is 1. The van der Waals surface area contributed by atoms with E-state index in [1.807, 2.05) is 0 Å². The van der Waals surface area contributed by atoms with Gasteiger partial charge in [-0.05, 0) is 19.8 Å². The number of carbonyl (C=O) groups is 1. The topological polar surface area (TPSA) is 83.5 Å². The number of hydrogen-bond acceptors (Lipinski definition) is 3. The van der Waals surface area contributed by atoms with Crippen LogP contribution < -0.4 is 4.72 Å². The minimum Gasteiger partial charge on any atom is -0.481 e. The van der Waals surface area contributed by atoms with Crippen LogP contribution in [0.2, 0.25) is 0 Å². The van der Waals surface area contributed by atoms with Gasteiger partial charge in [-0.1, -0.05) is 18.9 Å². The summed E-state index contributed by atoms with van der Waals surface area (Å²) in [6.07, 6.45) is 4.04. The monoisotopic (exact) mass is 261 g/mol. The summed E-state index contributed by atoms with van der Waals surface area (Å²) in [6.45, 7) is 4.98. The fraction of sp³-hybridized carbons (Fsp3) is 0.727. The molecule has 6 heteroatoms. The molecule has 1 saturated carbocycles. The summed E-state index contributed by atoms with van der Waals surface area (Å²) in [5.41, 5.74) is -1.01. The summed E-state index contributed by atoms with van der Waals surface area (Å²) < 4.78 is 25.8. The zero-order valence-electron chi connectivity index (χ0n) is 9.98. The van der Waals surface area contributed by atoms with Crippen LogP contribution in [0, 0.1) is 5.41 Å². The zero-order valence-corrected chi connectivity index (χ0v) is 10.8. The highest BCUT2D eigenvalue weighted by molar-refractivity contribution is 7.89. The summed E-state index contributed by atoms with van der Waals surface area (Å²) in [4.78, 5) is 11.3. The van der Waals surface area contributed by atoms with Crippen molar-refractivity contribution >= 4 is 16.0 Å². The fourth-order valence-corrected chi connectivity index (χ4v) is 3.42. The number of nitrogens with one attached hydrogen (secondary N) is 1. The third-order valence-corrected chi connectivity index (χ3v) is 4.67. The van der Waals surface area contributed by atoms with Crippen molar-refractivity contribution in [2.45, 2.75) is 38.6 Å². The van der Waals surface area contributed by atoms with E-state index in [9.17, 15) is 18.3 Å². The third-order valence-electron chi connectivity index (χ3n) is 3.36. The molecule has 1 fully saturated rings. The molecular weight excluding hydrogens is 242 g/mol. The second-order valence-corrected chi connectivity index (χ2v) is 6.51. The van der Waals surface area contributed by atoms with Gasteiger partial charge in [0.1, 0.15) is 0 Å². The van der Waals surface area contributed by atoms with E-state index in [1.165, 1.54) is 6.08 Å². The molecule has 17 heavy (non-hydrogen) atoms. The first-order valence-corrected chi connectivity index (χ1v) is 7.31. The molecule has 0 saturated heterocycles. The Labute approximate surface area is 102 Å². The maximum Gasteiger partial charge on any atom is 0.310 e. The summed E-state index contributed by atoms with van der Waals surface area (Å²) in [6, 6.07) is -0.529. The second-order valence-electron chi connectivity index (χ2n) is 4.71. The van der Waals surface area contributed by atoms with Gasteiger partial charge in [0.15, 0.2) is 0 Å².